The first-order valence-electron chi connectivity index (χ1n) is 8.73. The number of ether oxygens (including phenoxy) is 1. The van der Waals surface area contributed by atoms with Crippen LogP contribution in [0.1, 0.15) is 21.5 Å². The van der Waals surface area contributed by atoms with E-state index in [9.17, 15) is 4.79 Å². The number of halogens is 1. The Kier molecular flexibility index (Phi) is 6.44. The van der Waals surface area contributed by atoms with E-state index in [1.165, 1.54) is 5.56 Å². The summed E-state index contributed by atoms with van der Waals surface area (Å²) in [6.45, 7) is 1.09. The van der Waals surface area contributed by atoms with Crippen LogP contribution >= 0.6 is 11.6 Å². The summed E-state index contributed by atoms with van der Waals surface area (Å²) < 4.78 is 5.37. The smallest absolute Gasteiger partial charge is 0.257 e. The maximum absolute atomic E-state index is 13.2. The van der Waals surface area contributed by atoms with Gasteiger partial charge in [0.2, 0.25) is 0 Å². The molecule has 3 rings (SSSR count). The van der Waals surface area contributed by atoms with Crippen LogP contribution in [0.3, 0.4) is 0 Å². The van der Waals surface area contributed by atoms with E-state index in [-0.39, 0.29) is 5.91 Å². The van der Waals surface area contributed by atoms with E-state index in [0.29, 0.717) is 29.4 Å². The molecule has 3 aromatic rings. The summed E-state index contributed by atoms with van der Waals surface area (Å²) >= 11 is 6.04. The highest BCUT2D eigenvalue weighted by Crippen LogP contribution is 2.25. The number of aromatic nitrogens is 1. The van der Waals surface area contributed by atoms with Gasteiger partial charge in [0.25, 0.3) is 5.91 Å². The average Bonchev–Trinajstić information content (AvgIpc) is 2.72. The molecule has 0 aliphatic rings. The Morgan fingerprint density at radius 2 is 1.78 bits per heavy atom. The maximum Gasteiger partial charge on any atom is 0.257 e. The molecule has 0 saturated carbocycles. The Morgan fingerprint density at radius 1 is 1.04 bits per heavy atom. The van der Waals surface area contributed by atoms with Gasteiger partial charge in [-0.3, -0.25) is 9.78 Å². The van der Waals surface area contributed by atoms with Crippen LogP contribution in [0.5, 0.6) is 5.75 Å². The van der Waals surface area contributed by atoms with E-state index in [0.717, 1.165) is 12.0 Å². The summed E-state index contributed by atoms with van der Waals surface area (Å²) in [5, 5.41) is 0.536. The van der Waals surface area contributed by atoms with Crippen LogP contribution in [0, 0.1) is 0 Å². The van der Waals surface area contributed by atoms with Crippen LogP contribution in [0.2, 0.25) is 5.02 Å². The summed E-state index contributed by atoms with van der Waals surface area (Å²) in [7, 11) is 1.54. The third-order valence-electron chi connectivity index (χ3n) is 4.32. The molecule has 5 heteroatoms. The van der Waals surface area contributed by atoms with Crippen molar-refractivity contribution in [1.29, 1.82) is 0 Å². The van der Waals surface area contributed by atoms with E-state index in [1.54, 1.807) is 37.7 Å². The van der Waals surface area contributed by atoms with Crippen molar-refractivity contribution >= 4 is 17.5 Å². The molecule has 4 nitrogen and oxygen atoms in total. The molecule has 0 spiro atoms. The van der Waals surface area contributed by atoms with Gasteiger partial charge in [-0.2, -0.15) is 0 Å². The topological polar surface area (TPSA) is 42.4 Å². The van der Waals surface area contributed by atoms with Crippen LogP contribution < -0.4 is 4.74 Å². The number of benzene rings is 2. The lowest BCUT2D eigenvalue weighted by molar-refractivity contribution is 0.0741. The molecule has 138 valence electrons. The Balaban J connectivity index is 1.85. The summed E-state index contributed by atoms with van der Waals surface area (Å²) in [5.74, 6) is 0.392. The zero-order valence-electron chi connectivity index (χ0n) is 15.1. The zero-order chi connectivity index (χ0) is 19.1. The first kappa shape index (κ1) is 18.9. The van der Waals surface area contributed by atoms with E-state index in [1.807, 2.05) is 35.2 Å². The van der Waals surface area contributed by atoms with Crippen molar-refractivity contribution in [2.75, 3.05) is 13.7 Å². The molecule has 0 aliphatic carbocycles. The quantitative estimate of drug-likeness (QED) is 0.600. The summed E-state index contributed by atoms with van der Waals surface area (Å²) in [6, 6.07) is 19.1. The molecule has 0 radical (unpaired) electrons. The van der Waals surface area contributed by atoms with Crippen molar-refractivity contribution < 1.29 is 9.53 Å². The molecule has 0 atom stereocenters. The van der Waals surface area contributed by atoms with E-state index in [4.69, 9.17) is 16.3 Å². The Hall–Kier alpha value is -2.85. The van der Waals surface area contributed by atoms with Gasteiger partial charge in [0, 0.05) is 30.5 Å². The van der Waals surface area contributed by atoms with Gasteiger partial charge >= 0.3 is 0 Å². The van der Waals surface area contributed by atoms with Crippen molar-refractivity contribution in [3.05, 3.63) is 94.8 Å². The van der Waals surface area contributed by atoms with Crippen LogP contribution in [0.4, 0.5) is 0 Å². The Morgan fingerprint density at radius 3 is 2.48 bits per heavy atom. The molecule has 2 aromatic carbocycles. The number of methoxy groups -OCH3 is 1. The fourth-order valence-electron chi connectivity index (χ4n) is 2.88. The number of carbonyl (C=O) groups excluding carboxylic acids is 1. The van der Waals surface area contributed by atoms with Crippen molar-refractivity contribution in [3.8, 4) is 5.75 Å². The summed E-state index contributed by atoms with van der Waals surface area (Å²) in [6.07, 6.45) is 4.24. The first-order valence-corrected chi connectivity index (χ1v) is 9.11. The van der Waals surface area contributed by atoms with Crippen LogP contribution in [0.15, 0.2) is 73.1 Å². The van der Waals surface area contributed by atoms with Crippen molar-refractivity contribution in [3.63, 3.8) is 0 Å². The molecule has 0 N–H and O–H groups in total. The number of carbonyl (C=O) groups is 1. The largest absolute Gasteiger partial charge is 0.496 e. The van der Waals surface area contributed by atoms with E-state index in [2.05, 4.69) is 17.1 Å². The minimum Gasteiger partial charge on any atom is -0.496 e. The lowest BCUT2D eigenvalue weighted by Gasteiger charge is -2.24. The third kappa shape index (κ3) is 5.08. The predicted octanol–water partition coefficient (Wildman–Crippen LogP) is 4.63. The molecule has 1 aromatic heterocycles. The van der Waals surface area contributed by atoms with Crippen LogP contribution in [-0.2, 0) is 13.0 Å². The van der Waals surface area contributed by atoms with Gasteiger partial charge in [-0.05, 0) is 47.9 Å². The molecule has 27 heavy (non-hydrogen) atoms. The van der Waals surface area contributed by atoms with Gasteiger partial charge in [-0.25, -0.2) is 0 Å². The predicted molar refractivity (Wildman–Crippen MR) is 107 cm³/mol. The second-order valence-electron chi connectivity index (χ2n) is 6.16. The Bertz CT molecular complexity index is 885. The highest BCUT2D eigenvalue weighted by molar-refractivity contribution is 6.30. The minimum absolute atomic E-state index is 0.0868. The molecule has 0 unspecified atom stereocenters. The van der Waals surface area contributed by atoms with Gasteiger partial charge < -0.3 is 9.64 Å². The second kappa shape index (κ2) is 9.19. The van der Waals surface area contributed by atoms with Crippen molar-refractivity contribution in [1.82, 2.24) is 9.88 Å². The molecule has 0 bridgehead atoms. The maximum atomic E-state index is 13.2. The highest BCUT2D eigenvalue weighted by Gasteiger charge is 2.20. The number of rotatable bonds is 7. The summed E-state index contributed by atoms with van der Waals surface area (Å²) in [4.78, 5) is 19.1. The standard InChI is InChI=1S/C22H21ClN2O2/c1-27-21-15-19(23)7-8-20(21)22(26)25(16-18-9-12-24-13-10-18)14-11-17-5-3-2-4-6-17/h2-10,12-13,15H,11,14,16H2,1H3. The lowest BCUT2D eigenvalue weighted by atomic mass is 10.1. The Labute approximate surface area is 164 Å². The fourth-order valence-corrected chi connectivity index (χ4v) is 3.04. The number of pyridine rings is 1. The van der Waals surface area contributed by atoms with Crippen molar-refractivity contribution in [2.45, 2.75) is 13.0 Å². The fraction of sp³-hybridized carbons (Fsp3) is 0.182. The highest BCUT2D eigenvalue weighted by atomic mass is 35.5. The van der Waals surface area contributed by atoms with Gasteiger partial charge in [0.05, 0.1) is 12.7 Å². The second-order valence-corrected chi connectivity index (χ2v) is 6.60. The zero-order valence-corrected chi connectivity index (χ0v) is 15.9. The molecular weight excluding hydrogens is 360 g/mol. The van der Waals surface area contributed by atoms with Gasteiger partial charge in [-0.15, -0.1) is 0 Å². The van der Waals surface area contributed by atoms with Crippen molar-refractivity contribution in [2.24, 2.45) is 0 Å². The third-order valence-corrected chi connectivity index (χ3v) is 4.55. The van der Waals surface area contributed by atoms with Crippen LogP contribution in [-0.4, -0.2) is 29.4 Å². The first-order chi connectivity index (χ1) is 13.2. The number of amides is 1. The van der Waals surface area contributed by atoms with Gasteiger partial charge in [-0.1, -0.05) is 41.9 Å². The molecule has 0 fully saturated rings. The van der Waals surface area contributed by atoms with E-state index >= 15 is 0 Å². The number of hydrogen-bond donors (Lipinski definition) is 0. The van der Waals surface area contributed by atoms with Gasteiger partial charge in [0.1, 0.15) is 5.75 Å². The SMILES string of the molecule is COc1cc(Cl)ccc1C(=O)N(CCc1ccccc1)Cc1ccncc1. The molecule has 1 heterocycles. The average molecular weight is 381 g/mol. The van der Waals surface area contributed by atoms with Gasteiger partial charge in [0.15, 0.2) is 0 Å². The minimum atomic E-state index is -0.0868. The number of hydrogen-bond acceptors (Lipinski definition) is 3. The van der Waals surface area contributed by atoms with E-state index < -0.39 is 0 Å². The lowest BCUT2D eigenvalue weighted by Crippen LogP contribution is -2.32. The number of nitrogens with zero attached hydrogens (tertiary/aromatic N) is 2. The summed E-state index contributed by atoms with van der Waals surface area (Å²) in [5.41, 5.74) is 2.72. The normalized spacial score (nSPS) is 10.4. The molecular formula is C22H21ClN2O2. The van der Waals surface area contributed by atoms with Crippen LogP contribution in [0.25, 0.3) is 0 Å². The molecule has 0 aliphatic heterocycles. The molecule has 1 amide bonds. The molecule has 0 saturated heterocycles. The monoisotopic (exact) mass is 380 g/mol.